The molecule has 2 aliphatic rings. The van der Waals surface area contributed by atoms with Crippen LogP contribution in [0.15, 0.2) is 18.3 Å². The summed E-state index contributed by atoms with van der Waals surface area (Å²) in [7, 11) is 0. The normalized spacial score (nSPS) is 23.0. The summed E-state index contributed by atoms with van der Waals surface area (Å²) in [6.45, 7) is 3.56. The molecule has 2 atom stereocenters. The van der Waals surface area contributed by atoms with E-state index in [2.05, 4.69) is 10.3 Å². The number of aliphatic carboxylic acids is 1. The van der Waals surface area contributed by atoms with Crippen LogP contribution in [-0.2, 0) is 11.3 Å². The minimum Gasteiger partial charge on any atom is -0.477 e. The highest BCUT2D eigenvalue weighted by Crippen LogP contribution is 2.34. The summed E-state index contributed by atoms with van der Waals surface area (Å²) in [5, 5.41) is 10.7. The molecule has 0 bridgehead atoms. The number of nitrogens with two attached hydrogens (primary N) is 1. The Morgan fingerprint density at radius 2 is 1.93 bits per heavy atom. The Bertz CT molecular complexity index is 637. The molecular weight excluding hydrogens is 387 g/mol. The summed E-state index contributed by atoms with van der Waals surface area (Å²) in [6.07, 6.45) is 5.15. The van der Waals surface area contributed by atoms with Crippen LogP contribution in [-0.4, -0.2) is 41.9 Å². The Balaban J connectivity index is 0.000000370. The molecule has 1 saturated heterocycles. The Morgan fingerprint density at radius 3 is 2.55 bits per heavy atom. The van der Waals surface area contributed by atoms with E-state index in [0.29, 0.717) is 18.3 Å². The molecular formula is C20H30F3N3O3. The van der Waals surface area contributed by atoms with E-state index in [-0.39, 0.29) is 0 Å². The van der Waals surface area contributed by atoms with Crippen LogP contribution in [0.25, 0.3) is 0 Å². The number of piperidine rings is 1. The lowest BCUT2D eigenvalue weighted by molar-refractivity contribution is -0.192. The number of carbonyl (C=O) groups is 1. The van der Waals surface area contributed by atoms with E-state index in [4.69, 9.17) is 20.4 Å². The zero-order valence-electron chi connectivity index (χ0n) is 16.5. The lowest BCUT2D eigenvalue weighted by Crippen LogP contribution is -2.41. The number of nitrogens with one attached hydrogen (secondary N) is 1. The predicted octanol–water partition coefficient (Wildman–Crippen LogP) is 3.36. The molecule has 0 amide bonds. The van der Waals surface area contributed by atoms with Crippen LogP contribution in [0.3, 0.4) is 0 Å². The minimum atomic E-state index is -5.08. The number of ether oxygens (including phenoxy) is 1. The van der Waals surface area contributed by atoms with Crippen LogP contribution in [0.2, 0.25) is 0 Å². The Hall–Kier alpha value is -1.87. The molecule has 6 nitrogen and oxygen atoms in total. The first kappa shape index (κ1) is 23.4. The van der Waals surface area contributed by atoms with Crippen molar-refractivity contribution in [1.82, 2.24) is 10.3 Å². The van der Waals surface area contributed by atoms with Crippen molar-refractivity contribution in [2.75, 3.05) is 19.7 Å². The Morgan fingerprint density at radius 1 is 1.24 bits per heavy atom. The number of aromatic nitrogens is 1. The van der Waals surface area contributed by atoms with E-state index >= 15 is 0 Å². The molecule has 0 radical (unpaired) electrons. The SMILES string of the molecule is NCc1ccnc(OCC2CNCC(C3CCCCC3)C2)c1.O=C(O)C(F)(F)F. The fourth-order valence-corrected chi connectivity index (χ4v) is 4.02. The molecule has 0 spiro atoms. The van der Waals surface area contributed by atoms with Crippen molar-refractivity contribution in [1.29, 1.82) is 0 Å². The van der Waals surface area contributed by atoms with Crippen LogP contribution >= 0.6 is 0 Å². The number of rotatable bonds is 5. The van der Waals surface area contributed by atoms with Crippen molar-refractivity contribution in [2.45, 2.75) is 51.2 Å². The number of pyridine rings is 1. The zero-order valence-corrected chi connectivity index (χ0v) is 16.5. The Kier molecular flexibility index (Phi) is 9.16. The topological polar surface area (TPSA) is 97.5 Å². The van der Waals surface area contributed by atoms with Crippen LogP contribution in [0.5, 0.6) is 5.88 Å². The average Bonchev–Trinajstić information content (AvgIpc) is 2.73. The largest absolute Gasteiger partial charge is 0.490 e. The molecule has 1 aromatic rings. The van der Waals surface area contributed by atoms with Gasteiger partial charge in [-0.15, -0.1) is 0 Å². The van der Waals surface area contributed by atoms with Gasteiger partial charge in [0.15, 0.2) is 0 Å². The number of alkyl halides is 3. The summed E-state index contributed by atoms with van der Waals surface area (Å²) in [5.74, 6) is 0.327. The number of hydrogen-bond donors (Lipinski definition) is 3. The number of carboxylic acids is 1. The smallest absolute Gasteiger partial charge is 0.477 e. The maximum atomic E-state index is 10.6. The molecule has 164 valence electrons. The third kappa shape index (κ3) is 8.18. The molecule has 1 aliphatic carbocycles. The number of carboxylic acid groups (broad SMARTS) is 1. The summed E-state index contributed by atoms with van der Waals surface area (Å²) < 4.78 is 37.7. The first-order valence-electron chi connectivity index (χ1n) is 10.1. The van der Waals surface area contributed by atoms with Crippen molar-refractivity contribution in [3.8, 4) is 5.88 Å². The zero-order chi connectivity index (χ0) is 21.3. The summed E-state index contributed by atoms with van der Waals surface area (Å²) >= 11 is 0. The maximum absolute atomic E-state index is 10.6. The highest BCUT2D eigenvalue weighted by atomic mass is 19.4. The van der Waals surface area contributed by atoms with E-state index < -0.39 is 12.1 Å². The van der Waals surface area contributed by atoms with Gasteiger partial charge < -0.3 is 20.9 Å². The fraction of sp³-hybridized carbons (Fsp3) is 0.700. The van der Waals surface area contributed by atoms with E-state index in [1.807, 2.05) is 12.1 Å². The average molecular weight is 417 g/mol. The molecule has 9 heteroatoms. The van der Waals surface area contributed by atoms with Crippen LogP contribution in [0, 0.1) is 17.8 Å². The van der Waals surface area contributed by atoms with Gasteiger partial charge in [0.2, 0.25) is 5.88 Å². The van der Waals surface area contributed by atoms with Crippen LogP contribution in [0.1, 0.15) is 44.1 Å². The second-order valence-corrected chi connectivity index (χ2v) is 7.74. The van der Waals surface area contributed by atoms with Gasteiger partial charge in [0.05, 0.1) is 6.61 Å². The number of nitrogens with zero attached hydrogens (tertiary/aromatic N) is 1. The minimum absolute atomic E-state index is 0.535. The first-order chi connectivity index (χ1) is 13.8. The van der Waals surface area contributed by atoms with Gasteiger partial charge >= 0.3 is 12.1 Å². The standard InChI is InChI=1S/C18H29N3O.C2HF3O2/c19-10-14-6-7-21-18(9-14)22-13-15-8-17(12-20-11-15)16-4-2-1-3-5-16;3-2(4,5)1(6)7/h6-7,9,15-17,20H,1-5,8,10-13,19H2;(H,6,7). The molecule has 29 heavy (non-hydrogen) atoms. The Labute approximate surface area is 169 Å². The number of halogens is 3. The van der Waals surface area contributed by atoms with E-state index in [9.17, 15) is 13.2 Å². The van der Waals surface area contributed by atoms with E-state index in [1.165, 1.54) is 45.1 Å². The third-order valence-electron chi connectivity index (χ3n) is 5.54. The van der Waals surface area contributed by atoms with E-state index in [0.717, 1.165) is 30.6 Å². The summed E-state index contributed by atoms with van der Waals surface area (Å²) in [6, 6.07) is 3.89. The van der Waals surface area contributed by atoms with Gasteiger partial charge in [-0.05, 0) is 36.4 Å². The van der Waals surface area contributed by atoms with Gasteiger partial charge in [-0.3, -0.25) is 0 Å². The lowest BCUT2D eigenvalue weighted by Gasteiger charge is -2.36. The molecule has 3 rings (SSSR count). The summed E-state index contributed by atoms with van der Waals surface area (Å²) in [4.78, 5) is 13.2. The molecule has 1 aromatic heterocycles. The van der Waals surface area contributed by atoms with Crippen molar-refractivity contribution >= 4 is 5.97 Å². The first-order valence-corrected chi connectivity index (χ1v) is 10.1. The number of hydrogen-bond acceptors (Lipinski definition) is 5. The second kappa shape index (κ2) is 11.3. The van der Waals surface area contributed by atoms with Crippen LogP contribution < -0.4 is 15.8 Å². The lowest BCUT2D eigenvalue weighted by atomic mass is 9.75. The van der Waals surface area contributed by atoms with E-state index in [1.54, 1.807) is 6.20 Å². The summed E-state index contributed by atoms with van der Waals surface area (Å²) in [5.41, 5.74) is 6.74. The maximum Gasteiger partial charge on any atom is 0.490 e. The molecule has 4 N–H and O–H groups in total. The molecule has 2 heterocycles. The molecule has 2 unspecified atom stereocenters. The van der Waals surface area contributed by atoms with Gasteiger partial charge in [-0.25, -0.2) is 9.78 Å². The van der Waals surface area contributed by atoms with Gasteiger partial charge in [0.1, 0.15) is 0 Å². The molecule has 1 saturated carbocycles. The second-order valence-electron chi connectivity index (χ2n) is 7.74. The quantitative estimate of drug-likeness (QED) is 0.680. The van der Waals surface area contributed by atoms with Gasteiger partial charge in [-0.1, -0.05) is 32.1 Å². The van der Waals surface area contributed by atoms with Crippen molar-refractivity contribution < 1.29 is 27.8 Å². The monoisotopic (exact) mass is 417 g/mol. The van der Waals surface area contributed by atoms with Crippen LogP contribution in [0.4, 0.5) is 13.2 Å². The van der Waals surface area contributed by atoms with Crippen molar-refractivity contribution in [2.24, 2.45) is 23.5 Å². The molecule has 1 aliphatic heterocycles. The van der Waals surface area contributed by atoms with Gasteiger partial charge in [0.25, 0.3) is 0 Å². The van der Waals surface area contributed by atoms with Crippen molar-refractivity contribution in [3.05, 3.63) is 23.9 Å². The third-order valence-corrected chi connectivity index (χ3v) is 5.54. The highest BCUT2D eigenvalue weighted by molar-refractivity contribution is 5.73. The highest BCUT2D eigenvalue weighted by Gasteiger charge is 2.38. The molecule has 0 aromatic carbocycles. The van der Waals surface area contributed by atoms with Crippen molar-refractivity contribution in [3.63, 3.8) is 0 Å². The predicted molar refractivity (Wildman–Crippen MR) is 102 cm³/mol. The van der Waals surface area contributed by atoms with Gasteiger partial charge in [-0.2, -0.15) is 13.2 Å². The molecule has 2 fully saturated rings. The van der Waals surface area contributed by atoms with Gasteiger partial charge in [0, 0.05) is 31.3 Å². The fourth-order valence-electron chi connectivity index (χ4n) is 4.02.